The molecule has 1 aliphatic heterocycles. The third-order valence-electron chi connectivity index (χ3n) is 3.20. The van der Waals surface area contributed by atoms with Crippen LogP contribution in [0.2, 0.25) is 0 Å². The molecule has 0 aliphatic carbocycles. The van der Waals surface area contributed by atoms with Crippen molar-refractivity contribution in [3.8, 4) is 0 Å². The lowest BCUT2D eigenvalue weighted by Gasteiger charge is -2.17. The molecule has 1 aromatic carbocycles. The van der Waals surface area contributed by atoms with Crippen LogP contribution in [0, 0.1) is 0 Å². The van der Waals surface area contributed by atoms with E-state index in [-0.39, 0.29) is 5.56 Å². The maximum Gasteiger partial charge on any atom is 0.416 e. The van der Waals surface area contributed by atoms with Gasteiger partial charge in [-0.1, -0.05) is 24.3 Å². The molecule has 104 valence electrons. The molecule has 0 saturated carbocycles. The number of halogens is 3. The molecule has 20 heavy (non-hydrogen) atoms. The van der Waals surface area contributed by atoms with Crippen molar-refractivity contribution in [1.82, 2.24) is 5.43 Å². The van der Waals surface area contributed by atoms with Crippen molar-refractivity contribution >= 4 is 17.0 Å². The Morgan fingerprint density at radius 2 is 1.95 bits per heavy atom. The number of alkyl halides is 3. The van der Waals surface area contributed by atoms with Gasteiger partial charge in [0.25, 0.3) is 0 Å². The number of hydrazone groups is 1. The highest BCUT2D eigenvalue weighted by atomic mass is 32.1. The van der Waals surface area contributed by atoms with Gasteiger partial charge >= 0.3 is 6.18 Å². The molecule has 0 fully saturated rings. The summed E-state index contributed by atoms with van der Waals surface area (Å²) < 4.78 is 39.0. The summed E-state index contributed by atoms with van der Waals surface area (Å²) >= 11 is 1.53. The normalized spacial score (nSPS) is 18.8. The van der Waals surface area contributed by atoms with E-state index in [1.165, 1.54) is 23.5 Å². The van der Waals surface area contributed by atoms with Crippen LogP contribution in [0.4, 0.5) is 13.2 Å². The van der Waals surface area contributed by atoms with E-state index in [2.05, 4.69) is 10.5 Å². The summed E-state index contributed by atoms with van der Waals surface area (Å²) in [5.74, 6) is 0. The molecule has 0 amide bonds. The van der Waals surface area contributed by atoms with Gasteiger partial charge < -0.3 is 5.43 Å². The highest BCUT2D eigenvalue weighted by molar-refractivity contribution is 7.12. The molecule has 1 aromatic heterocycles. The molecule has 2 nitrogen and oxygen atoms in total. The van der Waals surface area contributed by atoms with Crippen LogP contribution in [0.25, 0.3) is 0 Å². The van der Waals surface area contributed by atoms with Gasteiger partial charge in [-0.25, -0.2) is 0 Å². The topological polar surface area (TPSA) is 24.4 Å². The van der Waals surface area contributed by atoms with E-state index < -0.39 is 17.8 Å². The summed E-state index contributed by atoms with van der Waals surface area (Å²) in [4.78, 5) is 0.990. The largest absolute Gasteiger partial charge is 0.416 e. The average molecular weight is 296 g/mol. The lowest BCUT2D eigenvalue weighted by atomic mass is 9.97. The Kier molecular flexibility index (Phi) is 3.25. The second kappa shape index (κ2) is 4.94. The predicted octanol–water partition coefficient (Wildman–Crippen LogP) is 4.21. The fourth-order valence-corrected chi connectivity index (χ4v) is 3.00. The third kappa shape index (κ3) is 2.43. The van der Waals surface area contributed by atoms with Gasteiger partial charge in [0.2, 0.25) is 0 Å². The fourth-order valence-electron chi connectivity index (χ4n) is 2.28. The van der Waals surface area contributed by atoms with E-state index in [1.54, 1.807) is 6.07 Å². The molecule has 3 rings (SSSR count). The molecule has 2 heterocycles. The van der Waals surface area contributed by atoms with Crippen LogP contribution < -0.4 is 5.43 Å². The average Bonchev–Trinajstić information content (AvgIpc) is 3.09. The maximum atomic E-state index is 13.0. The number of rotatable bonds is 2. The summed E-state index contributed by atoms with van der Waals surface area (Å²) in [7, 11) is 0. The molecule has 1 aliphatic rings. The third-order valence-corrected chi connectivity index (χ3v) is 4.12. The first-order chi connectivity index (χ1) is 9.55. The van der Waals surface area contributed by atoms with Crippen molar-refractivity contribution in [2.24, 2.45) is 5.10 Å². The molecule has 0 spiro atoms. The molecule has 0 radical (unpaired) electrons. The van der Waals surface area contributed by atoms with E-state index in [1.807, 2.05) is 17.5 Å². The summed E-state index contributed by atoms with van der Waals surface area (Å²) in [6.45, 7) is 0. The van der Waals surface area contributed by atoms with Crippen molar-refractivity contribution in [1.29, 1.82) is 0 Å². The SMILES string of the molecule is FC(F)(F)c1ccccc1C1CC(c2cccs2)=NN1. The molecule has 6 heteroatoms. The van der Waals surface area contributed by atoms with Gasteiger partial charge in [0.05, 0.1) is 22.2 Å². The Balaban J connectivity index is 1.87. The Hall–Kier alpha value is -1.82. The first kappa shape index (κ1) is 13.2. The first-order valence-electron chi connectivity index (χ1n) is 6.08. The predicted molar refractivity (Wildman–Crippen MR) is 72.8 cm³/mol. The quantitative estimate of drug-likeness (QED) is 0.882. The lowest BCUT2D eigenvalue weighted by molar-refractivity contribution is -0.138. The Labute approximate surface area is 117 Å². The zero-order chi connectivity index (χ0) is 14.2. The zero-order valence-electron chi connectivity index (χ0n) is 10.3. The van der Waals surface area contributed by atoms with E-state index in [0.29, 0.717) is 6.42 Å². The smallest absolute Gasteiger partial charge is 0.302 e. The van der Waals surface area contributed by atoms with Gasteiger partial charge in [0.15, 0.2) is 0 Å². The Morgan fingerprint density at radius 3 is 2.65 bits per heavy atom. The van der Waals surface area contributed by atoms with Gasteiger partial charge in [0, 0.05) is 6.42 Å². The minimum Gasteiger partial charge on any atom is -0.302 e. The summed E-state index contributed by atoms with van der Waals surface area (Å²) in [6, 6.07) is 9.04. The second-order valence-corrected chi connectivity index (χ2v) is 5.45. The number of nitrogens with one attached hydrogen (secondary N) is 1. The van der Waals surface area contributed by atoms with Crippen LogP contribution in [0.15, 0.2) is 46.9 Å². The first-order valence-corrected chi connectivity index (χ1v) is 6.96. The van der Waals surface area contributed by atoms with E-state index in [4.69, 9.17) is 0 Å². The second-order valence-electron chi connectivity index (χ2n) is 4.51. The van der Waals surface area contributed by atoms with Crippen molar-refractivity contribution in [2.45, 2.75) is 18.6 Å². The fraction of sp³-hybridized carbons (Fsp3) is 0.214. The van der Waals surface area contributed by atoms with Crippen LogP contribution in [0.1, 0.15) is 28.5 Å². The number of nitrogens with zero attached hydrogens (tertiary/aromatic N) is 1. The standard InChI is InChI=1S/C14H11F3N2S/c15-14(16,17)10-5-2-1-4-9(10)11-8-12(19-18-11)13-6-3-7-20-13/h1-7,11,18H,8H2. The summed E-state index contributed by atoms with van der Waals surface area (Å²) in [5.41, 5.74) is 3.27. The van der Waals surface area contributed by atoms with Crippen LogP contribution in [0.5, 0.6) is 0 Å². The Bertz CT molecular complexity index is 632. The number of thiophene rings is 1. The van der Waals surface area contributed by atoms with Crippen molar-refractivity contribution in [3.63, 3.8) is 0 Å². The molecular formula is C14H11F3N2S. The van der Waals surface area contributed by atoms with E-state index in [0.717, 1.165) is 16.7 Å². The van der Waals surface area contributed by atoms with Gasteiger partial charge in [0.1, 0.15) is 0 Å². The van der Waals surface area contributed by atoms with E-state index >= 15 is 0 Å². The van der Waals surface area contributed by atoms with Crippen LogP contribution in [0.3, 0.4) is 0 Å². The lowest BCUT2D eigenvalue weighted by Crippen LogP contribution is -2.17. The van der Waals surface area contributed by atoms with Crippen LogP contribution in [-0.2, 0) is 6.18 Å². The molecule has 0 bridgehead atoms. The minimum absolute atomic E-state index is 0.246. The molecule has 2 aromatic rings. The summed E-state index contributed by atoms with van der Waals surface area (Å²) in [6.07, 6.45) is -3.88. The van der Waals surface area contributed by atoms with Gasteiger partial charge in [-0.3, -0.25) is 0 Å². The summed E-state index contributed by atoms with van der Waals surface area (Å²) in [5, 5.41) is 6.09. The van der Waals surface area contributed by atoms with Crippen molar-refractivity contribution in [2.75, 3.05) is 0 Å². The molecule has 1 unspecified atom stereocenters. The maximum absolute atomic E-state index is 13.0. The molecule has 1 N–H and O–H groups in total. The number of hydrogen-bond donors (Lipinski definition) is 1. The van der Waals surface area contributed by atoms with Crippen LogP contribution >= 0.6 is 11.3 Å². The molecular weight excluding hydrogens is 285 g/mol. The molecule has 0 saturated heterocycles. The van der Waals surface area contributed by atoms with Crippen LogP contribution in [-0.4, -0.2) is 5.71 Å². The number of hydrogen-bond acceptors (Lipinski definition) is 3. The van der Waals surface area contributed by atoms with Crippen molar-refractivity contribution < 1.29 is 13.2 Å². The minimum atomic E-state index is -4.34. The highest BCUT2D eigenvalue weighted by Crippen LogP contribution is 2.37. The molecule has 1 atom stereocenters. The van der Waals surface area contributed by atoms with E-state index in [9.17, 15) is 13.2 Å². The van der Waals surface area contributed by atoms with Gasteiger partial charge in [-0.2, -0.15) is 18.3 Å². The highest BCUT2D eigenvalue weighted by Gasteiger charge is 2.36. The Morgan fingerprint density at radius 1 is 1.15 bits per heavy atom. The van der Waals surface area contributed by atoms with Gasteiger partial charge in [-0.05, 0) is 23.1 Å². The zero-order valence-corrected chi connectivity index (χ0v) is 11.1. The van der Waals surface area contributed by atoms with Crippen molar-refractivity contribution in [3.05, 3.63) is 57.8 Å². The monoisotopic (exact) mass is 296 g/mol. The number of benzene rings is 1. The van der Waals surface area contributed by atoms with Gasteiger partial charge in [-0.15, -0.1) is 11.3 Å².